The maximum atomic E-state index is 5.86. The van der Waals surface area contributed by atoms with E-state index >= 15 is 0 Å². The summed E-state index contributed by atoms with van der Waals surface area (Å²) in [5.41, 5.74) is 6.10. The van der Waals surface area contributed by atoms with E-state index in [-0.39, 0.29) is 0 Å². The van der Waals surface area contributed by atoms with E-state index in [0.717, 1.165) is 11.8 Å². The van der Waals surface area contributed by atoms with Crippen LogP contribution in [0.3, 0.4) is 0 Å². The standard InChI is InChI=1S/C17H26N2/c18-19-17(12-13-6-1-2-7-13)16-11-4-3-10-15(16)14-8-5-9-14/h3-4,10-11,13-14,17,19H,1-2,5-9,12,18H2. The van der Waals surface area contributed by atoms with Crippen molar-refractivity contribution in [3.05, 3.63) is 35.4 Å². The summed E-state index contributed by atoms with van der Waals surface area (Å²) in [4.78, 5) is 0. The van der Waals surface area contributed by atoms with Crippen molar-refractivity contribution in [2.45, 2.75) is 63.3 Å². The highest BCUT2D eigenvalue weighted by Crippen LogP contribution is 2.41. The van der Waals surface area contributed by atoms with Crippen LogP contribution in [0, 0.1) is 5.92 Å². The molecule has 104 valence electrons. The second kappa shape index (κ2) is 6.06. The predicted molar refractivity (Wildman–Crippen MR) is 79.7 cm³/mol. The van der Waals surface area contributed by atoms with Crippen LogP contribution < -0.4 is 11.3 Å². The molecule has 1 aromatic rings. The first-order valence-corrected chi connectivity index (χ1v) is 7.93. The Morgan fingerprint density at radius 1 is 1.05 bits per heavy atom. The Bertz CT molecular complexity index is 405. The number of rotatable bonds is 5. The van der Waals surface area contributed by atoms with E-state index in [9.17, 15) is 0 Å². The molecule has 3 N–H and O–H groups in total. The van der Waals surface area contributed by atoms with Crippen molar-refractivity contribution < 1.29 is 0 Å². The van der Waals surface area contributed by atoms with Crippen molar-refractivity contribution in [3.8, 4) is 0 Å². The summed E-state index contributed by atoms with van der Waals surface area (Å²) >= 11 is 0. The summed E-state index contributed by atoms with van der Waals surface area (Å²) in [7, 11) is 0. The van der Waals surface area contributed by atoms with Gasteiger partial charge in [-0.25, -0.2) is 0 Å². The number of hydrogen-bond donors (Lipinski definition) is 2. The van der Waals surface area contributed by atoms with Gasteiger partial charge in [0.05, 0.1) is 0 Å². The lowest BCUT2D eigenvalue weighted by molar-refractivity contribution is 0.382. The molecule has 2 heteroatoms. The molecule has 0 saturated heterocycles. The van der Waals surface area contributed by atoms with Crippen molar-refractivity contribution >= 4 is 0 Å². The van der Waals surface area contributed by atoms with E-state index in [1.54, 1.807) is 5.56 Å². The van der Waals surface area contributed by atoms with Gasteiger partial charge in [-0.3, -0.25) is 11.3 Å². The lowest BCUT2D eigenvalue weighted by Crippen LogP contribution is -2.30. The quantitative estimate of drug-likeness (QED) is 0.618. The third-order valence-electron chi connectivity index (χ3n) is 5.16. The normalized spacial score (nSPS) is 22.4. The van der Waals surface area contributed by atoms with E-state index in [1.807, 2.05) is 0 Å². The molecule has 0 aromatic heterocycles. The summed E-state index contributed by atoms with van der Waals surface area (Å²) < 4.78 is 0. The summed E-state index contributed by atoms with van der Waals surface area (Å²) in [6.45, 7) is 0. The Balaban J connectivity index is 1.77. The van der Waals surface area contributed by atoms with Crippen LogP contribution in [0.2, 0.25) is 0 Å². The number of nitrogens with one attached hydrogen (secondary N) is 1. The molecule has 0 spiro atoms. The summed E-state index contributed by atoms with van der Waals surface area (Å²) in [5.74, 6) is 7.52. The fourth-order valence-corrected chi connectivity index (χ4v) is 3.78. The summed E-state index contributed by atoms with van der Waals surface area (Å²) in [6.07, 6.45) is 10.9. The van der Waals surface area contributed by atoms with Gasteiger partial charge < -0.3 is 0 Å². The maximum Gasteiger partial charge on any atom is 0.0465 e. The van der Waals surface area contributed by atoms with Crippen LogP contribution in [0.15, 0.2) is 24.3 Å². The van der Waals surface area contributed by atoms with Gasteiger partial charge in [-0.1, -0.05) is 56.4 Å². The molecular formula is C17H26N2. The first-order valence-electron chi connectivity index (χ1n) is 7.93. The van der Waals surface area contributed by atoms with Gasteiger partial charge in [0.2, 0.25) is 0 Å². The van der Waals surface area contributed by atoms with Crippen LogP contribution in [0.25, 0.3) is 0 Å². The van der Waals surface area contributed by atoms with Gasteiger partial charge in [0.25, 0.3) is 0 Å². The van der Waals surface area contributed by atoms with Crippen molar-refractivity contribution in [3.63, 3.8) is 0 Å². The molecular weight excluding hydrogens is 232 g/mol. The van der Waals surface area contributed by atoms with Crippen LogP contribution in [0.5, 0.6) is 0 Å². The molecule has 2 nitrogen and oxygen atoms in total. The lowest BCUT2D eigenvalue weighted by Gasteiger charge is -2.31. The molecule has 0 bridgehead atoms. The number of hydrazine groups is 1. The number of hydrogen-bond acceptors (Lipinski definition) is 2. The molecule has 1 unspecified atom stereocenters. The van der Waals surface area contributed by atoms with E-state index in [4.69, 9.17) is 5.84 Å². The van der Waals surface area contributed by atoms with Crippen molar-refractivity contribution in [1.29, 1.82) is 0 Å². The molecule has 1 aromatic carbocycles. The fourth-order valence-electron chi connectivity index (χ4n) is 3.78. The molecule has 3 rings (SSSR count). The van der Waals surface area contributed by atoms with Gasteiger partial charge in [0.1, 0.15) is 0 Å². The minimum atomic E-state index is 0.347. The molecule has 2 aliphatic carbocycles. The van der Waals surface area contributed by atoms with Crippen LogP contribution in [0.4, 0.5) is 0 Å². The minimum absolute atomic E-state index is 0.347. The third kappa shape index (κ3) is 2.85. The fraction of sp³-hybridized carbons (Fsp3) is 0.647. The third-order valence-corrected chi connectivity index (χ3v) is 5.16. The van der Waals surface area contributed by atoms with Gasteiger partial charge >= 0.3 is 0 Å². The smallest absolute Gasteiger partial charge is 0.0465 e. The van der Waals surface area contributed by atoms with Crippen LogP contribution in [-0.2, 0) is 0 Å². The SMILES string of the molecule is NNC(CC1CCCC1)c1ccccc1C1CCC1. The van der Waals surface area contributed by atoms with Crippen LogP contribution in [0.1, 0.15) is 74.5 Å². The first-order chi connectivity index (χ1) is 9.38. The summed E-state index contributed by atoms with van der Waals surface area (Å²) in [5, 5.41) is 0. The van der Waals surface area contributed by atoms with Gasteiger partial charge in [-0.2, -0.15) is 0 Å². The molecule has 0 aliphatic heterocycles. The molecule has 2 aliphatic rings. The largest absolute Gasteiger partial charge is 0.271 e. The Labute approximate surface area is 116 Å². The summed E-state index contributed by atoms with van der Waals surface area (Å²) in [6, 6.07) is 9.29. The molecule has 19 heavy (non-hydrogen) atoms. The Kier molecular flexibility index (Phi) is 4.19. The zero-order valence-corrected chi connectivity index (χ0v) is 11.8. The van der Waals surface area contributed by atoms with E-state index < -0.39 is 0 Å². The average molecular weight is 258 g/mol. The van der Waals surface area contributed by atoms with Gasteiger partial charge in [0.15, 0.2) is 0 Å². The monoisotopic (exact) mass is 258 g/mol. The topological polar surface area (TPSA) is 38.0 Å². The molecule has 0 radical (unpaired) electrons. The predicted octanol–water partition coefficient (Wildman–Crippen LogP) is 4.04. The van der Waals surface area contributed by atoms with Gasteiger partial charge in [-0.05, 0) is 42.2 Å². The number of nitrogens with two attached hydrogens (primary N) is 1. The maximum absolute atomic E-state index is 5.86. The van der Waals surface area contributed by atoms with E-state index in [0.29, 0.717) is 6.04 Å². The van der Waals surface area contributed by atoms with Gasteiger partial charge in [0, 0.05) is 6.04 Å². The molecule has 2 saturated carbocycles. The number of benzene rings is 1. The first kappa shape index (κ1) is 13.1. The zero-order valence-electron chi connectivity index (χ0n) is 11.8. The van der Waals surface area contributed by atoms with Crippen molar-refractivity contribution in [2.24, 2.45) is 11.8 Å². The zero-order chi connectivity index (χ0) is 13.1. The van der Waals surface area contributed by atoms with Crippen LogP contribution >= 0.6 is 0 Å². The lowest BCUT2D eigenvalue weighted by atomic mass is 9.76. The van der Waals surface area contributed by atoms with Crippen molar-refractivity contribution in [2.75, 3.05) is 0 Å². The Morgan fingerprint density at radius 2 is 1.79 bits per heavy atom. The van der Waals surface area contributed by atoms with Gasteiger partial charge in [-0.15, -0.1) is 0 Å². The van der Waals surface area contributed by atoms with Crippen molar-refractivity contribution in [1.82, 2.24) is 5.43 Å². The molecule has 2 fully saturated rings. The highest BCUT2D eigenvalue weighted by molar-refractivity contribution is 5.34. The van der Waals surface area contributed by atoms with E-state index in [2.05, 4.69) is 29.7 Å². The van der Waals surface area contributed by atoms with Crippen LogP contribution in [-0.4, -0.2) is 0 Å². The minimum Gasteiger partial charge on any atom is -0.271 e. The molecule has 0 amide bonds. The second-order valence-electron chi connectivity index (χ2n) is 6.36. The highest BCUT2D eigenvalue weighted by Gasteiger charge is 2.26. The average Bonchev–Trinajstić information content (AvgIpc) is 2.88. The highest BCUT2D eigenvalue weighted by atomic mass is 15.2. The Hall–Kier alpha value is -0.860. The Morgan fingerprint density at radius 3 is 2.42 bits per heavy atom. The second-order valence-corrected chi connectivity index (χ2v) is 6.36. The molecule has 0 heterocycles. The van der Waals surface area contributed by atoms with E-state index in [1.165, 1.54) is 56.9 Å². The molecule has 1 atom stereocenters.